The number of rotatable bonds is 9. The molecular weight excluding hydrogens is 240 g/mol. The fourth-order valence-electron chi connectivity index (χ4n) is 0.892. The minimum absolute atomic E-state index is 0.0370. The monoisotopic (exact) mass is 258 g/mol. The molecule has 6 nitrogen and oxygen atoms in total. The van der Waals surface area contributed by atoms with Gasteiger partial charge in [0.2, 0.25) is 0 Å². The van der Waals surface area contributed by atoms with Gasteiger partial charge in [0.15, 0.2) is 0 Å². The van der Waals surface area contributed by atoms with E-state index in [1.807, 2.05) is 0 Å². The molecule has 0 saturated carbocycles. The van der Waals surface area contributed by atoms with Gasteiger partial charge in [-0.1, -0.05) is 6.08 Å². The molecule has 102 valence electrons. The lowest BCUT2D eigenvalue weighted by atomic mass is 10.3. The van der Waals surface area contributed by atoms with Crippen LogP contribution in [-0.4, -0.2) is 48.6 Å². The SMILES string of the molecule is O=C(/C=C/C(=O)OCCCCO)OC/C=C/CO. The Morgan fingerprint density at radius 2 is 1.61 bits per heavy atom. The number of esters is 2. The Balaban J connectivity index is 3.68. The van der Waals surface area contributed by atoms with Crippen molar-refractivity contribution in [3.8, 4) is 0 Å². The normalized spacial score (nSPS) is 11.0. The summed E-state index contributed by atoms with van der Waals surface area (Å²) in [7, 11) is 0. The zero-order valence-corrected chi connectivity index (χ0v) is 10.1. The van der Waals surface area contributed by atoms with E-state index < -0.39 is 11.9 Å². The lowest BCUT2D eigenvalue weighted by molar-refractivity contribution is -0.140. The second-order valence-electron chi connectivity index (χ2n) is 3.22. The fraction of sp³-hybridized carbons (Fsp3) is 0.500. The van der Waals surface area contributed by atoms with E-state index in [1.165, 1.54) is 12.2 Å². The van der Waals surface area contributed by atoms with Crippen LogP contribution < -0.4 is 0 Å². The quantitative estimate of drug-likeness (QED) is 0.261. The molecule has 0 heterocycles. The highest BCUT2D eigenvalue weighted by Gasteiger charge is 1.99. The molecule has 6 heteroatoms. The molecule has 0 radical (unpaired) electrons. The molecule has 18 heavy (non-hydrogen) atoms. The Morgan fingerprint density at radius 1 is 0.944 bits per heavy atom. The average Bonchev–Trinajstić information content (AvgIpc) is 2.37. The standard InChI is InChI=1S/C12H18O6/c13-7-1-3-9-17-11(15)5-6-12(16)18-10-4-2-8-14/h1,3,5-6,13-14H,2,4,7-10H2/b3-1+,6-5+. The molecule has 0 aromatic heterocycles. The van der Waals surface area contributed by atoms with Gasteiger partial charge in [0, 0.05) is 18.8 Å². The first kappa shape index (κ1) is 16.3. The van der Waals surface area contributed by atoms with Gasteiger partial charge in [-0.2, -0.15) is 0 Å². The number of hydrogen-bond acceptors (Lipinski definition) is 6. The van der Waals surface area contributed by atoms with E-state index in [9.17, 15) is 9.59 Å². The van der Waals surface area contributed by atoms with Crippen molar-refractivity contribution in [3.05, 3.63) is 24.3 Å². The second-order valence-corrected chi connectivity index (χ2v) is 3.22. The number of carbonyl (C=O) groups excluding carboxylic acids is 2. The molecule has 0 aliphatic rings. The van der Waals surface area contributed by atoms with Crippen molar-refractivity contribution in [2.24, 2.45) is 0 Å². The molecule has 0 aromatic rings. The van der Waals surface area contributed by atoms with Gasteiger partial charge in [-0.25, -0.2) is 9.59 Å². The molecule has 0 unspecified atom stereocenters. The van der Waals surface area contributed by atoms with E-state index in [2.05, 4.69) is 4.74 Å². The molecule has 0 aliphatic carbocycles. The minimum atomic E-state index is -0.662. The number of carbonyl (C=O) groups is 2. The number of aliphatic hydroxyl groups excluding tert-OH is 2. The number of aliphatic hydroxyl groups is 2. The van der Waals surface area contributed by atoms with E-state index >= 15 is 0 Å². The average molecular weight is 258 g/mol. The van der Waals surface area contributed by atoms with Gasteiger partial charge < -0.3 is 19.7 Å². The first-order valence-electron chi connectivity index (χ1n) is 5.59. The molecule has 0 saturated heterocycles. The third-order valence-electron chi connectivity index (χ3n) is 1.75. The Morgan fingerprint density at radius 3 is 2.22 bits per heavy atom. The molecule has 0 amide bonds. The van der Waals surface area contributed by atoms with Crippen LogP contribution in [0.15, 0.2) is 24.3 Å². The first-order valence-corrected chi connectivity index (χ1v) is 5.59. The lowest BCUT2D eigenvalue weighted by Gasteiger charge is -2.00. The molecule has 2 N–H and O–H groups in total. The van der Waals surface area contributed by atoms with Gasteiger partial charge in [0.25, 0.3) is 0 Å². The second kappa shape index (κ2) is 11.8. The Kier molecular flexibility index (Phi) is 10.7. The zero-order chi connectivity index (χ0) is 13.6. The van der Waals surface area contributed by atoms with Gasteiger partial charge in [0.1, 0.15) is 6.61 Å². The predicted octanol–water partition coefficient (Wildman–Crippen LogP) is -0.0500. The molecule has 0 aromatic carbocycles. The van der Waals surface area contributed by atoms with Crippen LogP contribution in [0.1, 0.15) is 12.8 Å². The van der Waals surface area contributed by atoms with Crippen LogP contribution in [0.2, 0.25) is 0 Å². The highest BCUT2D eigenvalue weighted by molar-refractivity contribution is 5.91. The van der Waals surface area contributed by atoms with Gasteiger partial charge >= 0.3 is 11.9 Å². The maximum atomic E-state index is 11.1. The van der Waals surface area contributed by atoms with Crippen molar-refractivity contribution in [1.29, 1.82) is 0 Å². The summed E-state index contributed by atoms with van der Waals surface area (Å²) in [4.78, 5) is 22.1. The van der Waals surface area contributed by atoms with Crippen molar-refractivity contribution >= 4 is 11.9 Å². The summed E-state index contributed by atoms with van der Waals surface area (Å²) in [6.07, 6.45) is 6.02. The third-order valence-corrected chi connectivity index (χ3v) is 1.75. The van der Waals surface area contributed by atoms with Crippen LogP contribution in [-0.2, 0) is 19.1 Å². The van der Waals surface area contributed by atoms with Gasteiger partial charge in [-0.15, -0.1) is 0 Å². The van der Waals surface area contributed by atoms with Crippen LogP contribution in [0.3, 0.4) is 0 Å². The lowest BCUT2D eigenvalue weighted by Crippen LogP contribution is -2.05. The molecule has 0 aliphatic heterocycles. The smallest absolute Gasteiger partial charge is 0.331 e. The number of unbranched alkanes of at least 4 members (excludes halogenated alkanes) is 1. The third kappa shape index (κ3) is 10.8. The highest BCUT2D eigenvalue weighted by atomic mass is 16.5. The summed E-state index contributed by atoms with van der Waals surface area (Å²) >= 11 is 0. The van der Waals surface area contributed by atoms with Crippen LogP contribution in [0.5, 0.6) is 0 Å². The summed E-state index contributed by atoms with van der Waals surface area (Å²) < 4.78 is 9.42. The first-order chi connectivity index (χ1) is 8.70. The van der Waals surface area contributed by atoms with E-state index in [4.69, 9.17) is 14.9 Å². The Hall–Kier alpha value is -1.66. The van der Waals surface area contributed by atoms with Crippen LogP contribution in [0.25, 0.3) is 0 Å². The fourth-order valence-corrected chi connectivity index (χ4v) is 0.892. The van der Waals surface area contributed by atoms with Gasteiger partial charge in [-0.3, -0.25) is 0 Å². The van der Waals surface area contributed by atoms with Crippen LogP contribution >= 0.6 is 0 Å². The van der Waals surface area contributed by atoms with E-state index in [0.29, 0.717) is 12.8 Å². The maximum Gasteiger partial charge on any atom is 0.331 e. The molecular formula is C12H18O6. The molecule has 0 spiro atoms. The van der Waals surface area contributed by atoms with Gasteiger partial charge in [-0.05, 0) is 18.9 Å². The van der Waals surface area contributed by atoms with Crippen molar-refractivity contribution in [2.75, 3.05) is 26.4 Å². The molecule has 0 bridgehead atoms. The molecule has 0 rings (SSSR count). The summed E-state index contributed by atoms with van der Waals surface area (Å²) in [5.41, 5.74) is 0. The topological polar surface area (TPSA) is 93.1 Å². The van der Waals surface area contributed by atoms with E-state index in [0.717, 1.165) is 12.2 Å². The highest BCUT2D eigenvalue weighted by Crippen LogP contribution is 1.91. The van der Waals surface area contributed by atoms with Crippen molar-refractivity contribution < 1.29 is 29.3 Å². The van der Waals surface area contributed by atoms with E-state index in [-0.39, 0.29) is 26.4 Å². The Bertz CT molecular complexity index is 295. The van der Waals surface area contributed by atoms with Crippen molar-refractivity contribution in [3.63, 3.8) is 0 Å². The predicted molar refractivity (Wildman–Crippen MR) is 63.6 cm³/mol. The minimum Gasteiger partial charge on any atom is -0.463 e. The largest absolute Gasteiger partial charge is 0.463 e. The Labute approximate surface area is 106 Å². The van der Waals surface area contributed by atoms with Crippen molar-refractivity contribution in [1.82, 2.24) is 0 Å². The summed E-state index contributed by atoms with van der Waals surface area (Å²) in [6.45, 7) is 0.182. The number of hydrogen-bond donors (Lipinski definition) is 2. The van der Waals surface area contributed by atoms with Crippen LogP contribution in [0.4, 0.5) is 0 Å². The van der Waals surface area contributed by atoms with E-state index in [1.54, 1.807) is 0 Å². The molecule has 0 fully saturated rings. The summed E-state index contributed by atoms with van der Waals surface area (Å²) in [5.74, 6) is -1.29. The van der Waals surface area contributed by atoms with Crippen molar-refractivity contribution in [2.45, 2.75) is 12.8 Å². The summed E-state index contributed by atoms with van der Waals surface area (Å²) in [6, 6.07) is 0. The molecule has 0 atom stereocenters. The number of ether oxygens (including phenoxy) is 2. The van der Waals surface area contributed by atoms with Crippen LogP contribution in [0, 0.1) is 0 Å². The summed E-state index contributed by atoms with van der Waals surface area (Å²) in [5, 5.41) is 16.9. The zero-order valence-electron chi connectivity index (χ0n) is 10.1. The maximum absolute atomic E-state index is 11.1. The van der Waals surface area contributed by atoms with Gasteiger partial charge in [0.05, 0.1) is 13.2 Å².